The first-order valence-corrected chi connectivity index (χ1v) is 6.90. The van der Waals surface area contributed by atoms with E-state index in [-0.39, 0.29) is 0 Å². The first-order chi connectivity index (χ1) is 9.83. The summed E-state index contributed by atoms with van der Waals surface area (Å²) in [6.45, 7) is 0.715. The first kappa shape index (κ1) is 12.8. The minimum Gasteiger partial charge on any atom is -0.378 e. The third-order valence-corrected chi connectivity index (χ3v) is 3.29. The van der Waals surface area contributed by atoms with Crippen LogP contribution in [-0.4, -0.2) is 19.7 Å². The zero-order chi connectivity index (χ0) is 13.8. The third-order valence-electron chi connectivity index (χ3n) is 2.79. The average molecular weight is 330 g/mol. The number of anilines is 1. The Kier molecular flexibility index (Phi) is 3.73. The van der Waals surface area contributed by atoms with Gasteiger partial charge in [-0.15, -0.1) is 0 Å². The van der Waals surface area contributed by atoms with Crippen LogP contribution >= 0.6 is 15.9 Å². The molecule has 1 aromatic carbocycles. The Balaban J connectivity index is 1.81. The summed E-state index contributed by atoms with van der Waals surface area (Å²) < 4.78 is 2.71. The van der Waals surface area contributed by atoms with Gasteiger partial charge < -0.3 is 5.32 Å². The van der Waals surface area contributed by atoms with Crippen molar-refractivity contribution in [2.75, 3.05) is 5.32 Å². The van der Waals surface area contributed by atoms with Crippen LogP contribution in [0.15, 0.2) is 59.7 Å². The summed E-state index contributed by atoms with van der Waals surface area (Å²) in [5.41, 5.74) is 2.10. The minimum atomic E-state index is 0.715. The fraction of sp³-hybridized carbons (Fsp3) is 0.0714. The Hall–Kier alpha value is -2.21. The van der Waals surface area contributed by atoms with Gasteiger partial charge in [0.1, 0.15) is 12.7 Å². The molecule has 3 rings (SSSR count). The van der Waals surface area contributed by atoms with Crippen LogP contribution in [0.2, 0.25) is 0 Å². The molecule has 0 unspecified atom stereocenters. The smallest absolute Gasteiger partial charge is 0.178 e. The maximum atomic E-state index is 4.34. The number of hydrogen-bond acceptors (Lipinski definition) is 4. The molecule has 0 radical (unpaired) electrons. The highest BCUT2D eigenvalue weighted by Gasteiger charge is 2.05. The Labute approximate surface area is 124 Å². The SMILES string of the molecule is Brc1cccc(CNc2cccnc2-n2cncn2)c1. The van der Waals surface area contributed by atoms with Crippen LogP contribution in [0.1, 0.15) is 5.56 Å². The van der Waals surface area contributed by atoms with Gasteiger partial charge in [-0.1, -0.05) is 28.1 Å². The number of pyridine rings is 1. The summed E-state index contributed by atoms with van der Waals surface area (Å²) in [5, 5.41) is 7.48. The van der Waals surface area contributed by atoms with Crippen molar-refractivity contribution in [3.8, 4) is 5.82 Å². The summed E-state index contributed by atoms with van der Waals surface area (Å²) in [6, 6.07) is 12.0. The van der Waals surface area contributed by atoms with E-state index in [1.165, 1.54) is 11.9 Å². The van der Waals surface area contributed by atoms with Crippen molar-refractivity contribution in [2.45, 2.75) is 6.54 Å². The monoisotopic (exact) mass is 329 g/mol. The molecule has 2 heterocycles. The molecule has 100 valence electrons. The van der Waals surface area contributed by atoms with Crippen LogP contribution in [0.3, 0.4) is 0 Å². The Morgan fingerprint density at radius 1 is 1.20 bits per heavy atom. The quantitative estimate of drug-likeness (QED) is 0.799. The second kappa shape index (κ2) is 5.83. The number of nitrogens with one attached hydrogen (secondary N) is 1. The molecule has 6 heteroatoms. The molecule has 0 atom stereocenters. The van der Waals surface area contributed by atoms with Crippen molar-refractivity contribution in [1.29, 1.82) is 0 Å². The van der Waals surface area contributed by atoms with Gasteiger partial charge in [0.2, 0.25) is 0 Å². The molecule has 0 fully saturated rings. The number of halogens is 1. The van der Waals surface area contributed by atoms with Crippen molar-refractivity contribution in [2.24, 2.45) is 0 Å². The lowest BCUT2D eigenvalue weighted by atomic mass is 10.2. The molecule has 0 saturated carbocycles. The molecule has 0 spiro atoms. The van der Waals surface area contributed by atoms with Crippen molar-refractivity contribution in [3.63, 3.8) is 0 Å². The molecule has 0 bridgehead atoms. The maximum absolute atomic E-state index is 4.34. The Morgan fingerprint density at radius 3 is 2.95 bits per heavy atom. The van der Waals surface area contributed by atoms with Gasteiger partial charge >= 0.3 is 0 Å². The van der Waals surface area contributed by atoms with E-state index in [2.05, 4.69) is 48.4 Å². The van der Waals surface area contributed by atoms with Crippen LogP contribution < -0.4 is 5.32 Å². The van der Waals surface area contributed by atoms with E-state index in [1.54, 1.807) is 17.2 Å². The van der Waals surface area contributed by atoms with Crippen LogP contribution in [0.5, 0.6) is 0 Å². The van der Waals surface area contributed by atoms with Crippen LogP contribution in [0.25, 0.3) is 5.82 Å². The highest BCUT2D eigenvalue weighted by Crippen LogP contribution is 2.18. The lowest BCUT2D eigenvalue weighted by Gasteiger charge is -2.10. The van der Waals surface area contributed by atoms with E-state index < -0.39 is 0 Å². The summed E-state index contributed by atoms with van der Waals surface area (Å²) in [5.74, 6) is 0.736. The third kappa shape index (κ3) is 2.85. The highest BCUT2D eigenvalue weighted by atomic mass is 79.9. The van der Waals surface area contributed by atoms with Gasteiger partial charge in [0.05, 0.1) is 5.69 Å². The predicted octanol–water partition coefficient (Wildman–Crippen LogP) is 3.04. The normalized spacial score (nSPS) is 10.4. The average Bonchev–Trinajstić information content (AvgIpc) is 3.00. The lowest BCUT2D eigenvalue weighted by molar-refractivity contribution is 0.844. The van der Waals surface area contributed by atoms with Crippen molar-refractivity contribution < 1.29 is 0 Å². The summed E-state index contributed by atoms with van der Waals surface area (Å²) in [7, 11) is 0. The largest absolute Gasteiger partial charge is 0.378 e. The van der Waals surface area contributed by atoms with Gasteiger partial charge in [0.25, 0.3) is 0 Å². The molecule has 0 amide bonds. The van der Waals surface area contributed by atoms with E-state index in [0.717, 1.165) is 16.0 Å². The summed E-state index contributed by atoms with van der Waals surface area (Å²) >= 11 is 3.47. The maximum Gasteiger partial charge on any atom is 0.178 e. The zero-order valence-corrected chi connectivity index (χ0v) is 12.2. The van der Waals surface area contributed by atoms with Crippen LogP contribution in [-0.2, 0) is 6.54 Å². The Bertz CT molecular complexity index is 696. The first-order valence-electron chi connectivity index (χ1n) is 6.11. The van der Waals surface area contributed by atoms with Gasteiger partial charge in [-0.2, -0.15) is 5.10 Å². The highest BCUT2D eigenvalue weighted by molar-refractivity contribution is 9.10. The van der Waals surface area contributed by atoms with Gasteiger partial charge in [-0.3, -0.25) is 0 Å². The fourth-order valence-corrected chi connectivity index (χ4v) is 2.33. The molecule has 0 aliphatic rings. The molecule has 0 aliphatic heterocycles. The van der Waals surface area contributed by atoms with E-state index in [4.69, 9.17) is 0 Å². The summed E-state index contributed by atoms with van der Waals surface area (Å²) in [4.78, 5) is 8.29. The number of rotatable bonds is 4. The standard InChI is InChI=1S/C14H12BrN5/c15-12-4-1-3-11(7-12)8-18-13-5-2-6-17-14(13)20-10-16-9-19-20/h1-7,9-10,18H,8H2. The van der Waals surface area contributed by atoms with E-state index in [1.807, 2.05) is 24.3 Å². The van der Waals surface area contributed by atoms with Crippen LogP contribution in [0, 0.1) is 0 Å². The second-order valence-corrected chi connectivity index (χ2v) is 5.11. The van der Waals surface area contributed by atoms with Crippen molar-refractivity contribution >= 4 is 21.6 Å². The summed E-state index contributed by atoms with van der Waals surface area (Å²) in [6.07, 6.45) is 4.86. The molecular formula is C14H12BrN5. The topological polar surface area (TPSA) is 55.6 Å². The van der Waals surface area contributed by atoms with Gasteiger partial charge in [-0.25, -0.2) is 14.6 Å². The molecule has 0 aliphatic carbocycles. The van der Waals surface area contributed by atoms with Gasteiger partial charge in [0.15, 0.2) is 5.82 Å². The number of hydrogen-bond donors (Lipinski definition) is 1. The van der Waals surface area contributed by atoms with E-state index >= 15 is 0 Å². The number of aromatic nitrogens is 4. The second-order valence-electron chi connectivity index (χ2n) is 4.20. The van der Waals surface area contributed by atoms with Gasteiger partial charge in [-0.05, 0) is 29.8 Å². The molecule has 3 aromatic rings. The molecule has 2 aromatic heterocycles. The lowest BCUT2D eigenvalue weighted by Crippen LogP contribution is -2.06. The minimum absolute atomic E-state index is 0.715. The van der Waals surface area contributed by atoms with E-state index in [9.17, 15) is 0 Å². The zero-order valence-electron chi connectivity index (χ0n) is 10.6. The van der Waals surface area contributed by atoms with E-state index in [0.29, 0.717) is 6.54 Å². The number of nitrogens with zero attached hydrogens (tertiary/aromatic N) is 4. The predicted molar refractivity (Wildman–Crippen MR) is 80.6 cm³/mol. The molecule has 0 saturated heterocycles. The van der Waals surface area contributed by atoms with Crippen molar-refractivity contribution in [3.05, 3.63) is 65.3 Å². The van der Waals surface area contributed by atoms with Crippen molar-refractivity contribution in [1.82, 2.24) is 19.7 Å². The Morgan fingerprint density at radius 2 is 2.15 bits per heavy atom. The number of benzene rings is 1. The molecular weight excluding hydrogens is 318 g/mol. The van der Waals surface area contributed by atoms with Gasteiger partial charge in [0, 0.05) is 17.2 Å². The van der Waals surface area contributed by atoms with Crippen LogP contribution in [0.4, 0.5) is 5.69 Å². The molecule has 1 N–H and O–H groups in total. The molecule has 20 heavy (non-hydrogen) atoms. The molecule has 5 nitrogen and oxygen atoms in total. The fourth-order valence-electron chi connectivity index (χ4n) is 1.88.